The van der Waals surface area contributed by atoms with E-state index >= 15 is 0 Å². The summed E-state index contributed by atoms with van der Waals surface area (Å²) < 4.78 is 15.4. The summed E-state index contributed by atoms with van der Waals surface area (Å²) in [4.78, 5) is 34.4. The Hall–Kier alpha value is -3.03. The lowest BCUT2D eigenvalue weighted by atomic mass is 10.1. The second-order valence-electron chi connectivity index (χ2n) is 4.62. The highest BCUT2D eigenvalue weighted by Gasteiger charge is 2.20. The molecule has 2 rings (SSSR count). The third kappa shape index (κ3) is 3.60. The molecule has 0 aliphatic heterocycles. The standard InChI is InChI=1S/C15H16N2O6/c1-8-10-6-9(21-3)4-5-11(10)23-13(8)14(19)22-7-12(18)17-15(20)16-2/h4-6H,7H2,1-3H3,(H2,16,17,18,20). The topological polar surface area (TPSA) is 107 Å². The van der Waals surface area contributed by atoms with Gasteiger partial charge in [0.25, 0.3) is 5.91 Å². The van der Waals surface area contributed by atoms with Gasteiger partial charge in [-0.05, 0) is 25.1 Å². The average molecular weight is 320 g/mol. The molecule has 1 aromatic carbocycles. The third-order valence-electron chi connectivity index (χ3n) is 3.14. The van der Waals surface area contributed by atoms with Crippen molar-refractivity contribution in [3.8, 4) is 5.75 Å². The number of imide groups is 1. The molecule has 1 heterocycles. The summed E-state index contributed by atoms with van der Waals surface area (Å²) >= 11 is 0. The summed E-state index contributed by atoms with van der Waals surface area (Å²) in [5.74, 6) is -0.898. The molecule has 0 atom stereocenters. The highest BCUT2D eigenvalue weighted by Crippen LogP contribution is 2.29. The van der Waals surface area contributed by atoms with E-state index in [1.165, 1.54) is 14.2 Å². The van der Waals surface area contributed by atoms with Crippen molar-refractivity contribution in [1.82, 2.24) is 10.6 Å². The Morgan fingerprint density at radius 2 is 2.00 bits per heavy atom. The van der Waals surface area contributed by atoms with E-state index < -0.39 is 24.5 Å². The minimum Gasteiger partial charge on any atom is -0.497 e. The fraction of sp³-hybridized carbons (Fsp3) is 0.267. The lowest BCUT2D eigenvalue weighted by Crippen LogP contribution is -2.39. The molecule has 0 unspecified atom stereocenters. The molecule has 122 valence electrons. The lowest BCUT2D eigenvalue weighted by Gasteiger charge is -2.04. The van der Waals surface area contributed by atoms with Gasteiger partial charge in [-0.25, -0.2) is 9.59 Å². The third-order valence-corrected chi connectivity index (χ3v) is 3.14. The fourth-order valence-electron chi connectivity index (χ4n) is 1.94. The number of rotatable bonds is 4. The van der Waals surface area contributed by atoms with Crippen LogP contribution in [0.3, 0.4) is 0 Å². The van der Waals surface area contributed by atoms with Gasteiger partial charge in [-0.15, -0.1) is 0 Å². The van der Waals surface area contributed by atoms with Gasteiger partial charge < -0.3 is 19.2 Å². The molecule has 8 heteroatoms. The zero-order chi connectivity index (χ0) is 17.0. The smallest absolute Gasteiger partial charge is 0.375 e. The predicted octanol–water partition coefficient (Wildman–Crippen LogP) is 1.36. The number of nitrogens with one attached hydrogen (secondary N) is 2. The van der Waals surface area contributed by atoms with E-state index in [0.717, 1.165) is 0 Å². The number of fused-ring (bicyclic) bond motifs is 1. The monoisotopic (exact) mass is 320 g/mol. The molecule has 0 spiro atoms. The SMILES string of the molecule is CNC(=O)NC(=O)COC(=O)c1oc2ccc(OC)cc2c1C. The van der Waals surface area contributed by atoms with Crippen molar-refractivity contribution in [3.05, 3.63) is 29.5 Å². The molecule has 0 saturated heterocycles. The van der Waals surface area contributed by atoms with E-state index in [0.29, 0.717) is 22.3 Å². The number of urea groups is 1. The van der Waals surface area contributed by atoms with E-state index in [4.69, 9.17) is 13.9 Å². The number of methoxy groups -OCH3 is 1. The van der Waals surface area contributed by atoms with Crippen LogP contribution in [0.15, 0.2) is 22.6 Å². The first kappa shape index (κ1) is 16.3. The molecule has 2 N–H and O–H groups in total. The second-order valence-corrected chi connectivity index (χ2v) is 4.62. The highest BCUT2D eigenvalue weighted by atomic mass is 16.5. The first-order valence-corrected chi connectivity index (χ1v) is 6.72. The number of hydrogen-bond acceptors (Lipinski definition) is 6. The fourth-order valence-corrected chi connectivity index (χ4v) is 1.94. The lowest BCUT2D eigenvalue weighted by molar-refractivity contribution is -0.123. The number of aryl methyl sites for hydroxylation is 1. The molecule has 2 aromatic rings. The van der Waals surface area contributed by atoms with Gasteiger partial charge in [0.15, 0.2) is 6.61 Å². The van der Waals surface area contributed by atoms with Crippen LogP contribution in [0.5, 0.6) is 5.75 Å². The van der Waals surface area contributed by atoms with E-state index in [9.17, 15) is 14.4 Å². The van der Waals surface area contributed by atoms with Gasteiger partial charge in [0.2, 0.25) is 5.76 Å². The van der Waals surface area contributed by atoms with Crippen LogP contribution in [0.25, 0.3) is 11.0 Å². The molecule has 8 nitrogen and oxygen atoms in total. The van der Waals surface area contributed by atoms with Crippen LogP contribution >= 0.6 is 0 Å². The quantitative estimate of drug-likeness (QED) is 0.824. The Morgan fingerprint density at radius 3 is 2.65 bits per heavy atom. The van der Waals surface area contributed by atoms with Crippen LogP contribution in [0.4, 0.5) is 4.79 Å². The molecule has 1 aromatic heterocycles. The predicted molar refractivity (Wildman–Crippen MR) is 80.4 cm³/mol. The summed E-state index contributed by atoms with van der Waals surface area (Å²) in [6, 6.07) is 4.44. The van der Waals surface area contributed by atoms with Crippen molar-refractivity contribution >= 4 is 28.9 Å². The van der Waals surface area contributed by atoms with E-state index in [-0.39, 0.29) is 5.76 Å². The molecule has 0 saturated carbocycles. The number of ether oxygens (including phenoxy) is 2. The zero-order valence-corrected chi connectivity index (χ0v) is 12.9. The van der Waals surface area contributed by atoms with Crippen LogP contribution < -0.4 is 15.4 Å². The second kappa shape index (κ2) is 6.82. The summed E-state index contributed by atoms with van der Waals surface area (Å²) in [6.45, 7) is 1.11. The first-order valence-electron chi connectivity index (χ1n) is 6.72. The Balaban J connectivity index is 2.10. The van der Waals surface area contributed by atoms with Crippen LogP contribution in [0, 0.1) is 6.92 Å². The molecule has 23 heavy (non-hydrogen) atoms. The summed E-state index contributed by atoms with van der Waals surface area (Å²) in [5.41, 5.74) is 1.08. The summed E-state index contributed by atoms with van der Waals surface area (Å²) in [6.07, 6.45) is 0. The van der Waals surface area contributed by atoms with Gasteiger partial charge in [-0.1, -0.05) is 0 Å². The minimum absolute atomic E-state index is 0.000922. The first-order chi connectivity index (χ1) is 11.0. The van der Waals surface area contributed by atoms with Crippen molar-refractivity contribution in [1.29, 1.82) is 0 Å². The largest absolute Gasteiger partial charge is 0.497 e. The van der Waals surface area contributed by atoms with Crippen molar-refractivity contribution in [2.75, 3.05) is 20.8 Å². The number of carbonyl (C=O) groups excluding carboxylic acids is 3. The number of benzene rings is 1. The molecule has 0 aliphatic rings. The summed E-state index contributed by atoms with van der Waals surface area (Å²) in [5, 5.41) is 4.90. The van der Waals surface area contributed by atoms with Crippen molar-refractivity contribution in [2.45, 2.75) is 6.92 Å². The molecule has 0 fully saturated rings. The number of hydrogen-bond donors (Lipinski definition) is 2. The highest BCUT2D eigenvalue weighted by molar-refractivity contribution is 5.99. The van der Waals surface area contributed by atoms with Gasteiger partial charge in [0.05, 0.1) is 7.11 Å². The van der Waals surface area contributed by atoms with Crippen LogP contribution in [-0.4, -0.2) is 38.7 Å². The maximum Gasteiger partial charge on any atom is 0.375 e. The van der Waals surface area contributed by atoms with Crippen LogP contribution in [0.2, 0.25) is 0 Å². The maximum atomic E-state index is 12.0. The van der Waals surface area contributed by atoms with E-state index in [2.05, 4.69) is 5.32 Å². The van der Waals surface area contributed by atoms with Gasteiger partial charge in [0, 0.05) is 18.0 Å². The number of esters is 1. The maximum absolute atomic E-state index is 12.0. The van der Waals surface area contributed by atoms with Crippen molar-refractivity contribution in [2.24, 2.45) is 0 Å². The van der Waals surface area contributed by atoms with E-state index in [1.807, 2.05) is 5.32 Å². The molecule has 0 bridgehead atoms. The van der Waals surface area contributed by atoms with Gasteiger partial charge in [0.1, 0.15) is 11.3 Å². The van der Waals surface area contributed by atoms with E-state index in [1.54, 1.807) is 25.1 Å². The molecular weight excluding hydrogens is 304 g/mol. The van der Waals surface area contributed by atoms with Gasteiger partial charge >= 0.3 is 12.0 Å². The Labute approximate surface area is 131 Å². The van der Waals surface area contributed by atoms with Crippen molar-refractivity contribution < 1.29 is 28.3 Å². The Bertz CT molecular complexity index is 765. The number of amides is 3. The van der Waals surface area contributed by atoms with Crippen LogP contribution in [0.1, 0.15) is 16.1 Å². The average Bonchev–Trinajstić information content (AvgIpc) is 2.88. The van der Waals surface area contributed by atoms with Crippen LogP contribution in [-0.2, 0) is 9.53 Å². The molecule has 0 radical (unpaired) electrons. The zero-order valence-electron chi connectivity index (χ0n) is 12.9. The normalized spacial score (nSPS) is 10.2. The Kier molecular flexibility index (Phi) is 4.85. The minimum atomic E-state index is -0.787. The number of furan rings is 1. The van der Waals surface area contributed by atoms with Crippen molar-refractivity contribution in [3.63, 3.8) is 0 Å². The molecular formula is C15H16N2O6. The summed E-state index contributed by atoms with van der Waals surface area (Å²) in [7, 11) is 2.90. The number of carbonyl (C=O) groups is 3. The molecule has 0 aliphatic carbocycles. The Morgan fingerprint density at radius 1 is 1.26 bits per heavy atom. The van der Waals surface area contributed by atoms with Gasteiger partial charge in [-0.2, -0.15) is 0 Å². The van der Waals surface area contributed by atoms with Gasteiger partial charge in [-0.3, -0.25) is 10.1 Å². The molecule has 3 amide bonds.